The van der Waals surface area contributed by atoms with Gasteiger partial charge in [-0.15, -0.1) is 0 Å². The monoisotopic (exact) mass is 379 g/mol. The second kappa shape index (κ2) is 6.72. The van der Waals surface area contributed by atoms with E-state index in [1.165, 1.54) is 0 Å². The van der Waals surface area contributed by atoms with Crippen molar-refractivity contribution in [2.45, 2.75) is 29.9 Å². The lowest BCUT2D eigenvalue weighted by Gasteiger charge is -2.35. The lowest BCUT2D eigenvalue weighted by atomic mass is 10.0. The highest BCUT2D eigenvalue weighted by Crippen LogP contribution is 2.35. The number of nitrogens with one attached hydrogen (secondary N) is 2. The number of amides is 2. The smallest absolute Gasteiger partial charge is 0.317 e. The summed E-state index contributed by atoms with van der Waals surface area (Å²) in [4.78, 5) is 18.0. The number of nitrogens with zero attached hydrogens (tertiary/aromatic N) is 3. The molecule has 1 fully saturated rings. The van der Waals surface area contributed by atoms with Gasteiger partial charge in [0.1, 0.15) is 12.2 Å². The average Bonchev–Trinajstić information content (AvgIpc) is 3.01. The van der Waals surface area contributed by atoms with Gasteiger partial charge in [-0.2, -0.15) is 5.26 Å². The highest BCUT2D eigenvalue weighted by Gasteiger charge is 2.32. The molecule has 2 aliphatic rings. The van der Waals surface area contributed by atoms with Crippen molar-refractivity contribution in [3.05, 3.63) is 23.2 Å². The van der Waals surface area contributed by atoms with Crippen LogP contribution >= 0.6 is 15.9 Å². The maximum absolute atomic E-state index is 11.8. The Morgan fingerprint density at radius 1 is 1.61 bits per heavy atom. The number of carbonyl (C=O) groups is 1. The van der Waals surface area contributed by atoms with Gasteiger partial charge in [0, 0.05) is 37.8 Å². The normalized spacial score (nSPS) is 26.5. The number of alkyl halides is 1. The van der Waals surface area contributed by atoms with E-state index >= 15 is 0 Å². The van der Waals surface area contributed by atoms with Gasteiger partial charge in [-0.1, -0.05) is 15.9 Å². The number of hydrogen-bond donors (Lipinski definition) is 2. The maximum atomic E-state index is 11.8. The zero-order chi connectivity index (χ0) is 16.4. The van der Waals surface area contributed by atoms with Gasteiger partial charge in [0.2, 0.25) is 5.76 Å². The molecule has 0 saturated carbocycles. The molecule has 1 aromatic rings. The van der Waals surface area contributed by atoms with Crippen molar-refractivity contribution in [2.24, 2.45) is 4.99 Å². The van der Waals surface area contributed by atoms with Crippen LogP contribution in [0.25, 0.3) is 0 Å². The van der Waals surface area contributed by atoms with Crippen molar-refractivity contribution >= 4 is 28.2 Å². The Morgan fingerprint density at radius 3 is 3.17 bits per heavy atom. The average molecular weight is 380 g/mol. The van der Waals surface area contributed by atoms with Crippen molar-refractivity contribution in [3.8, 4) is 6.07 Å². The van der Waals surface area contributed by atoms with Gasteiger partial charge in [0.05, 0.1) is 11.0 Å². The number of fused-ring (bicyclic) bond motifs is 1. The number of furan rings is 1. The van der Waals surface area contributed by atoms with Gasteiger partial charge in [-0.3, -0.25) is 10.3 Å². The molecule has 0 radical (unpaired) electrons. The number of likely N-dealkylation sites (tertiary alicyclic amines) is 1. The fraction of sp³-hybridized carbons (Fsp3) is 0.533. The Hall–Kier alpha value is -1.85. The van der Waals surface area contributed by atoms with E-state index in [9.17, 15) is 4.79 Å². The van der Waals surface area contributed by atoms with Crippen molar-refractivity contribution in [2.75, 3.05) is 20.1 Å². The predicted molar refractivity (Wildman–Crippen MR) is 88.7 cm³/mol. The van der Waals surface area contributed by atoms with Crippen molar-refractivity contribution in [1.82, 2.24) is 15.5 Å². The fourth-order valence-electron chi connectivity index (χ4n) is 3.01. The summed E-state index contributed by atoms with van der Waals surface area (Å²) in [6.45, 7) is 1.44. The molecule has 3 unspecified atom stereocenters. The molecular weight excluding hydrogens is 362 g/mol. The van der Waals surface area contributed by atoms with Crippen LogP contribution in [0.4, 0.5) is 4.79 Å². The molecule has 2 N–H and O–H groups in total. The molecule has 1 aromatic heterocycles. The molecule has 2 aliphatic heterocycles. The lowest BCUT2D eigenvalue weighted by Crippen LogP contribution is -2.53. The summed E-state index contributed by atoms with van der Waals surface area (Å²) < 4.78 is 5.40. The van der Waals surface area contributed by atoms with E-state index in [0.717, 1.165) is 24.9 Å². The topological polar surface area (TPSA) is 93.7 Å². The van der Waals surface area contributed by atoms with Crippen LogP contribution in [0.3, 0.4) is 0 Å². The third-order valence-corrected chi connectivity index (χ3v) is 5.15. The second-order valence-electron chi connectivity index (χ2n) is 5.67. The Kier molecular flexibility index (Phi) is 4.68. The molecule has 0 aliphatic carbocycles. The van der Waals surface area contributed by atoms with Crippen LogP contribution < -0.4 is 10.6 Å². The zero-order valence-electron chi connectivity index (χ0n) is 12.8. The van der Waals surface area contributed by atoms with Crippen LogP contribution in [0.2, 0.25) is 0 Å². The van der Waals surface area contributed by atoms with E-state index in [2.05, 4.69) is 31.6 Å². The Morgan fingerprint density at radius 2 is 2.43 bits per heavy atom. The largest absolute Gasteiger partial charge is 0.444 e. The third-order valence-electron chi connectivity index (χ3n) is 4.16. The van der Waals surface area contributed by atoms with Crippen molar-refractivity contribution < 1.29 is 9.21 Å². The van der Waals surface area contributed by atoms with Crippen LogP contribution in [0.5, 0.6) is 0 Å². The van der Waals surface area contributed by atoms with Gasteiger partial charge < -0.3 is 14.6 Å². The van der Waals surface area contributed by atoms with Crippen LogP contribution in [0, 0.1) is 11.3 Å². The maximum Gasteiger partial charge on any atom is 0.317 e. The predicted octanol–water partition coefficient (Wildman–Crippen LogP) is 1.74. The quantitative estimate of drug-likeness (QED) is 0.765. The first-order chi connectivity index (χ1) is 11.1. The number of carbonyl (C=O) groups excluding carboxylic acids is 1. The molecule has 1 saturated heterocycles. The minimum absolute atomic E-state index is 0.0465. The second-order valence-corrected chi connectivity index (χ2v) is 6.66. The Labute approximate surface area is 142 Å². The van der Waals surface area contributed by atoms with Gasteiger partial charge in [-0.25, -0.2) is 4.79 Å². The molecule has 3 atom stereocenters. The summed E-state index contributed by atoms with van der Waals surface area (Å²) in [7, 11) is 1.65. The van der Waals surface area contributed by atoms with Crippen molar-refractivity contribution in [3.63, 3.8) is 0 Å². The molecule has 7 nitrogen and oxygen atoms in total. The number of rotatable bonds is 2. The minimum Gasteiger partial charge on any atom is -0.444 e. The lowest BCUT2D eigenvalue weighted by molar-refractivity contribution is 0.171. The van der Waals surface area contributed by atoms with E-state index in [4.69, 9.17) is 9.68 Å². The highest BCUT2D eigenvalue weighted by molar-refractivity contribution is 9.09. The molecule has 3 heterocycles. The number of urea groups is 1. The molecular formula is C15H18BrN5O2. The summed E-state index contributed by atoms with van der Waals surface area (Å²) in [5, 5.41) is 15.1. The molecule has 2 amide bonds. The number of aliphatic imine (C=N–C) groups is 1. The molecule has 122 valence electrons. The number of piperidine rings is 1. The summed E-state index contributed by atoms with van der Waals surface area (Å²) in [6.07, 6.45) is 3.47. The number of halogens is 1. The minimum atomic E-state index is -0.152. The summed E-state index contributed by atoms with van der Waals surface area (Å²) in [5.74, 6) is 0.909. The fourth-order valence-corrected chi connectivity index (χ4v) is 3.66. The van der Waals surface area contributed by atoms with E-state index < -0.39 is 0 Å². The number of hydrogen-bond acceptors (Lipinski definition) is 5. The molecule has 8 heteroatoms. The first-order valence-corrected chi connectivity index (χ1v) is 8.47. The van der Waals surface area contributed by atoms with Crippen molar-refractivity contribution in [1.29, 1.82) is 5.26 Å². The van der Waals surface area contributed by atoms with E-state index in [0.29, 0.717) is 12.3 Å². The van der Waals surface area contributed by atoms with E-state index in [-0.39, 0.29) is 28.8 Å². The van der Waals surface area contributed by atoms with Crippen LogP contribution in [0.15, 0.2) is 15.5 Å². The third kappa shape index (κ3) is 3.26. The number of nitriles is 1. The molecule has 0 aromatic carbocycles. The summed E-state index contributed by atoms with van der Waals surface area (Å²) >= 11 is 3.64. The molecule has 0 bridgehead atoms. The first kappa shape index (κ1) is 16.0. The highest BCUT2D eigenvalue weighted by atomic mass is 79.9. The van der Waals surface area contributed by atoms with E-state index in [1.54, 1.807) is 19.3 Å². The van der Waals surface area contributed by atoms with Gasteiger partial charge in [-0.05, 0) is 12.8 Å². The molecule has 0 spiro atoms. The van der Waals surface area contributed by atoms with Crippen LogP contribution in [-0.2, 0) is 0 Å². The van der Waals surface area contributed by atoms with Crippen LogP contribution in [0.1, 0.15) is 34.8 Å². The van der Waals surface area contributed by atoms with E-state index in [1.807, 2.05) is 11.0 Å². The summed E-state index contributed by atoms with van der Waals surface area (Å²) in [6, 6.07) is 3.89. The Balaban J connectivity index is 1.67. The van der Waals surface area contributed by atoms with Gasteiger partial charge >= 0.3 is 6.03 Å². The summed E-state index contributed by atoms with van der Waals surface area (Å²) in [5.41, 5.74) is 0.924. The molecule has 3 rings (SSSR count). The SMILES string of the molecule is CNC(=O)N1CCCC(NC2N=Cc3oc(C#N)cc3C2Br)C1. The zero-order valence-corrected chi connectivity index (χ0v) is 14.3. The standard InChI is InChI=1S/C15H18BrN5O2/c1-18-15(22)21-4-2-3-9(8-21)20-14-13(16)11-5-10(6-17)23-12(11)7-19-14/h5,7,9,13-14,20H,2-4,8H2,1H3,(H,18,22). The molecule has 23 heavy (non-hydrogen) atoms. The Bertz CT molecular complexity index is 665. The van der Waals surface area contributed by atoms with Gasteiger partial charge in [0.25, 0.3) is 0 Å². The first-order valence-electron chi connectivity index (χ1n) is 7.56. The van der Waals surface area contributed by atoms with Gasteiger partial charge in [0.15, 0.2) is 5.76 Å². The van der Waals surface area contributed by atoms with Crippen LogP contribution in [-0.4, -0.2) is 49.5 Å².